The molecular formula is C20H21Cl2N5O3. The second kappa shape index (κ2) is 8.03. The normalized spacial score (nSPS) is 14.5. The third-order valence-electron chi connectivity index (χ3n) is 5.38. The van der Waals surface area contributed by atoms with Crippen LogP contribution in [0.2, 0.25) is 10.0 Å². The predicted octanol–water partition coefficient (Wildman–Crippen LogP) is 1.90. The summed E-state index contributed by atoms with van der Waals surface area (Å²) in [5.41, 5.74) is 7.32. The van der Waals surface area contributed by atoms with Gasteiger partial charge < -0.3 is 15.4 Å². The fraction of sp³-hybridized carbons (Fsp3) is 0.350. The van der Waals surface area contributed by atoms with Gasteiger partial charge in [0.1, 0.15) is 5.82 Å². The highest BCUT2D eigenvalue weighted by molar-refractivity contribution is 6.35. The van der Waals surface area contributed by atoms with Gasteiger partial charge in [0.25, 0.3) is 5.56 Å². The molecule has 3 aromatic rings. The van der Waals surface area contributed by atoms with Crippen LogP contribution in [0.25, 0.3) is 22.2 Å². The van der Waals surface area contributed by atoms with E-state index in [1.165, 1.54) is 11.6 Å². The first kappa shape index (κ1) is 20.9. The van der Waals surface area contributed by atoms with Gasteiger partial charge in [-0.3, -0.25) is 13.9 Å². The highest BCUT2D eigenvalue weighted by Crippen LogP contribution is 2.39. The van der Waals surface area contributed by atoms with E-state index in [-0.39, 0.29) is 17.6 Å². The number of morpholine rings is 1. The number of nitrogens with two attached hydrogens (primary N) is 1. The molecule has 0 atom stereocenters. The van der Waals surface area contributed by atoms with E-state index in [1.54, 1.807) is 25.2 Å². The van der Waals surface area contributed by atoms with Crippen LogP contribution in [0.3, 0.4) is 0 Å². The van der Waals surface area contributed by atoms with Crippen molar-refractivity contribution in [3.63, 3.8) is 0 Å². The van der Waals surface area contributed by atoms with Crippen molar-refractivity contribution in [1.29, 1.82) is 0 Å². The Labute approximate surface area is 182 Å². The number of pyridine rings is 1. The minimum absolute atomic E-state index is 0.125. The second-order valence-electron chi connectivity index (χ2n) is 7.12. The van der Waals surface area contributed by atoms with Crippen molar-refractivity contribution in [2.45, 2.75) is 6.54 Å². The number of ether oxygens (including phenoxy) is 1. The summed E-state index contributed by atoms with van der Waals surface area (Å²) < 4.78 is 7.88. The van der Waals surface area contributed by atoms with Crippen molar-refractivity contribution in [1.82, 2.24) is 14.1 Å². The van der Waals surface area contributed by atoms with Gasteiger partial charge >= 0.3 is 5.69 Å². The molecular weight excluding hydrogens is 429 g/mol. The monoisotopic (exact) mass is 449 g/mol. The zero-order valence-corrected chi connectivity index (χ0v) is 18.1. The van der Waals surface area contributed by atoms with E-state index in [0.29, 0.717) is 58.9 Å². The van der Waals surface area contributed by atoms with Crippen molar-refractivity contribution < 1.29 is 4.74 Å². The Hall–Kier alpha value is -2.39. The number of halogens is 2. The summed E-state index contributed by atoms with van der Waals surface area (Å²) >= 11 is 12.8. The number of anilines is 1. The Morgan fingerprint density at radius 2 is 1.83 bits per heavy atom. The van der Waals surface area contributed by atoms with Crippen LogP contribution in [-0.4, -0.2) is 40.4 Å². The number of rotatable bonds is 3. The Bertz CT molecular complexity index is 1260. The molecule has 0 unspecified atom stereocenters. The van der Waals surface area contributed by atoms with Crippen LogP contribution in [0.1, 0.15) is 5.56 Å². The first-order chi connectivity index (χ1) is 14.3. The van der Waals surface area contributed by atoms with Crippen LogP contribution in [0, 0.1) is 0 Å². The largest absolute Gasteiger partial charge is 0.378 e. The zero-order chi connectivity index (χ0) is 21.6. The van der Waals surface area contributed by atoms with Gasteiger partial charge in [-0.1, -0.05) is 23.2 Å². The molecule has 2 aromatic heterocycles. The summed E-state index contributed by atoms with van der Waals surface area (Å²) in [4.78, 5) is 32.6. The number of nitrogens with zero attached hydrogens (tertiary/aromatic N) is 4. The summed E-state index contributed by atoms with van der Waals surface area (Å²) in [6, 6.07) is 5.05. The minimum Gasteiger partial charge on any atom is -0.378 e. The van der Waals surface area contributed by atoms with Gasteiger partial charge in [-0.25, -0.2) is 9.78 Å². The highest BCUT2D eigenvalue weighted by Gasteiger charge is 2.26. The van der Waals surface area contributed by atoms with E-state index in [9.17, 15) is 9.59 Å². The molecule has 1 aromatic carbocycles. The summed E-state index contributed by atoms with van der Waals surface area (Å²) in [7, 11) is 3.02. The molecule has 1 aliphatic heterocycles. The summed E-state index contributed by atoms with van der Waals surface area (Å²) in [6.07, 6.45) is 0. The third kappa shape index (κ3) is 3.30. The van der Waals surface area contributed by atoms with Gasteiger partial charge in [-0.2, -0.15) is 0 Å². The second-order valence-corrected chi connectivity index (χ2v) is 7.96. The molecule has 30 heavy (non-hydrogen) atoms. The van der Waals surface area contributed by atoms with Crippen LogP contribution >= 0.6 is 23.2 Å². The molecule has 1 aliphatic rings. The maximum atomic E-state index is 13.2. The van der Waals surface area contributed by atoms with E-state index in [2.05, 4.69) is 4.90 Å². The molecule has 4 rings (SSSR count). The number of fused-ring (bicyclic) bond motifs is 1. The van der Waals surface area contributed by atoms with E-state index in [4.69, 9.17) is 38.7 Å². The Kier molecular flexibility index (Phi) is 5.59. The third-order valence-corrected chi connectivity index (χ3v) is 5.94. The molecule has 10 heteroatoms. The van der Waals surface area contributed by atoms with E-state index >= 15 is 0 Å². The van der Waals surface area contributed by atoms with Crippen LogP contribution in [0.15, 0.2) is 27.8 Å². The van der Waals surface area contributed by atoms with Gasteiger partial charge in [0.05, 0.1) is 18.6 Å². The van der Waals surface area contributed by atoms with E-state index in [1.807, 2.05) is 0 Å². The minimum atomic E-state index is -0.463. The quantitative estimate of drug-likeness (QED) is 0.655. The first-order valence-corrected chi connectivity index (χ1v) is 10.2. The topological polar surface area (TPSA) is 95.4 Å². The van der Waals surface area contributed by atoms with Gasteiger partial charge in [-0.15, -0.1) is 0 Å². The smallest absolute Gasteiger partial charge is 0.332 e. The Morgan fingerprint density at radius 3 is 2.50 bits per heavy atom. The average molecular weight is 450 g/mol. The number of benzene rings is 1. The maximum Gasteiger partial charge on any atom is 0.332 e. The van der Waals surface area contributed by atoms with Crippen LogP contribution in [0.4, 0.5) is 5.82 Å². The molecule has 2 N–H and O–H groups in total. The fourth-order valence-electron chi connectivity index (χ4n) is 3.83. The average Bonchev–Trinajstić information content (AvgIpc) is 2.77. The fourth-order valence-corrected chi connectivity index (χ4v) is 4.21. The number of aromatic nitrogens is 3. The van der Waals surface area contributed by atoms with Crippen LogP contribution in [-0.2, 0) is 25.4 Å². The molecule has 0 bridgehead atoms. The Balaban J connectivity index is 2.22. The maximum absolute atomic E-state index is 13.2. The lowest BCUT2D eigenvalue weighted by Crippen LogP contribution is -2.40. The summed E-state index contributed by atoms with van der Waals surface area (Å²) in [6.45, 7) is 2.46. The molecule has 0 radical (unpaired) electrons. The Morgan fingerprint density at radius 1 is 1.13 bits per heavy atom. The predicted molar refractivity (Wildman–Crippen MR) is 119 cm³/mol. The molecule has 1 saturated heterocycles. The molecule has 0 spiro atoms. The van der Waals surface area contributed by atoms with Crippen molar-refractivity contribution in [2.75, 3.05) is 31.2 Å². The molecule has 0 saturated carbocycles. The lowest BCUT2D eigenvalue weighted by Gasteiger charge is -2.31. The van der Waals surface area contributed by atoms with Crippen molar-refractivity contribution in [3.8, 4) is 11.1 Å². The lowest BCUT2D eigenvalue weighted by molar-refractivity contribution is 0.122. The SMILES string of the molecule is Cn1c(=O)c2c(-c3cc(Cl)ccc3Cl)c(CN)c(N3CCOCC3)nc2n(C)c1=O. The summed E-state index contributed by atoms with van der Waals surface area (Å²) in [5.74, 6) is 0.614. The van der Waals surface area contributed by atoms with Gasteiger partial charge in [0, 0.05) is 60.5 Å². The van der Waals surface area contributed by atoms with Crippen molar-refractivity contribution in [3.05, 3.63) is 54.6 Å². The molecule has 158 valence electrons. The lowest BCUT2D eigenvalue weighted by atomic mass is 9.96. The zero-order valence-electron chi connectivity index (χ0n) is 16.6. The molecule has 1 fully saturated rings. The number of aryl methyl sites for hydroxylation is 1. The molecule has 0 amide bonds. The van der Waals surface area contributed by atoms with Gasteiger partial charge in [0.2, 0.25) is 0 Å². The molecule has 0 aliphatic carbocycles. The van der Waals surface area contributed by atoms with E-state index < -0.39 is 11.2 Å². The molecule has 3 heterocycles. The van der Waals surface area contributed by atoms with Crippen molar-refractivity contribution >= 4 is 40.1 Å². The number of hydrogen-bond acceptors (Lipinski definition) is 6. The molecule has 8 nitrogen and oxygen atoms in total. The van der Waals surface area contributed by atoms with Gasteiger partial charge in [-0.05, 0) is 18.2 Å². The summed E-state index contributed by atoms with van der Waals surface area (Å²) in [5, 5.41) is 1.17. The van der Waals surface area contributed by atoms with Gasteiger partial charge in [0.15, 0.2) is 5.65 Å². The number of hydrogen-bond donors (Lipinski definition) is 1. The highest BCUT2D eigenvalue weighted by atomic mass is 35.5. The first-order valence-electron chi connectivity index (χ1n) is 9.46. The van der Waals surface area contributed by atoms with Crippen LogP contribution in [0.5, 0.6) is 0 Å². The van der Waals surface area contributed by atoms with Crippen molar-refractivity contribution in [2.24, 2.45) is 19.8 Å². The van der Waals surface area contributed by atoms with E-state index in [0.717, 1.165) is 4.57 Å². The standard InChI is InChI=1S/C20H21Cl2N5O3/c1-25-18-16(19(28)26(2)20(25)29)15(12-9-11(21)3-4-14(12)22)13(10-23)17(24-18)27-5-7-30-8-6-27/h3-4,9H,5-8,10,23H2,1-2H3. The van der Waals surface area contributed by atoms with Crippen LogP contribution < -0.4 is 21.9 Å².